The van der Waals surface area contributed by atoms with Crippen LogP contribution in [0.2, 0.25) is 0 Å². The van der Waals surface area contributed by atoms with Crippen molar-refractivity contribution < 1.29 is 0 Å². The van der Waals surface area contributed by atoms with Crippen LogP contribution in [0.1, 0.15) is 51.1 Å². The highest BCUT2D eigenvalue weighted by molar-refractivity contribution is 5.55. The Bertz CT molecular complexity index is 385. The number of nitrogens with one attached hydrogen (secondary N) is 1. The molecule has 1 fully saturated rings. The molecule has 19 heavy (non-hydrogen) atoms. The summed E-state index contributed by atoms with van der Waals surface area (Å²) in [4.78, 5) is 2.60. The van der Waals surface area contributed by atoms with Crippen molar-refractivity contribution in [2.45, 2.75) is 45.6 Å². The third kappa shape index (κ3) is 3.50. The van der Waals surface area contributed by atoms with Crippen LogP contribution in [0, 0.1) is 5.92 Å². The average molecular weight is 260 g/mol. The first-order valence-electron chi connectivity index (χ1n) is 7.77. The maximum atomic E-state index is 3.45. The molecule has 2 heteroatoms. The summed E-state index contributed by atoms with van der Waals surface area (Å²) in [5, 5.41) is 3.45. The standard InChI is InChI=1S/C17H28N2/c1-4-16(18-3)15-9-5-6-10-17(15)19-12-7-8-14(2)11-13-19/h5-6,9-10,14,16,18H,4,7-8,11-13H2,1-3H3. The molecule has 0 spiro atoms. The smallest absolute Gasteiger partial charge is 0.0414 e. The third-order valence-electron chi connectivity index (χ3n) is 4.43. The van der Waals surface area contributed by atoms with Gasteiger partial charge in [-0.25, -0.2) is 0 Å². The van der Waals surface area contributed by atoms with E-state index in [0.717, 1.165) is 12.3 Å². The lowest BCUT2D eigenvalue weighted by Gasteiger charge is -2.28. The molecule has 1 aliphatic rings. The first-order valence-corrected chi connectivity index (χ1v) is 7.77. The van der Waals surface area contributed by atoms with Crippen molar-refractivity contribution in [3.05, 3.63) is 29.8 Å². The minimum Gasteiger partial charge on any atom is -0.371 e. The Kier molecular flexibility index (Phi) is 5.26. The van der Waals surface area contributed by atoms with Crippen molar-refractivity contribution in [3.63, 3.8) is 0 Å². The molecule has 1 aliphatic heterocycles. The maximum absolute atomic E-state index is 3.45. The summed E-state index contributed by atoms with van der Waals surface area (Å²) in [6.07, 6.45) is 5.16. The highest BCUT2D eigenvalue weighted by atomic mass is 15.1. The second-order valence-electron chi connectivity index (χ2n) is 5.83. The number of anilines is 1. The summed E-state index contributed by atoms with van der Waals surface area (Å²) in [6.45, 7) is 7.06. The number of rotatable bonds is 4. The van der Waals surface area contributed by atoms with Gasteiger partial charge in [0.25, 0.3) is 0 Å². The number of nitrogens with zero attached hydrogens (tertiary/aromatic N) is 1. The molecule has 0 aliphatic carbocycles. The van der Waals surface area contributed by atoms with Gasteiger partial charge in [-0.3, -0.25) is 0 Å². The fraction of sp³-hybridized carbons (Fsp3) is 0.647. The zero-order valence-corrected chi connectivity index (χ0v) is 12.7. The van der Waals surface area contributed by atoms with Gasteiger partial charge in [-0.15, -0.1) is 0 Å². The van der Waals surface area contributed by atoms with Gasteiger partial charge < -0.3 is 10.2 Å². The Morgan fingerprint density at radius 2 is 2.05 bits per heavy atom. The molecule has 1 heterocycles. The van der Waals surface area contributed by atoms with Crippen LogP contribution in [0.3, 0.4) is 0 Å². The Labute approximate surface area is 118 Å². The van der Waals surface area contributed by atoms with Crippen molar-refractivity contribution >= 4 is 5.69 Å². The summed E-state index contributed by atoms with van der Waals surface area (Å²) in [7, 11) is 2.06. The molecule has 1 saturated heterocycles. The predicted octanol–water partition coefficient (Wildman–Crippen LogP) is 3.98. The molecule has 106 valence electrons. The van der Waals surface area contributed by atoms with Gasteiger partial charge in [0.05, 0.1) is 0 Å². The van der Waals surface area contributed by atoms with E-state index in [1.54, 1.807) is 0 Å². The minimum absolute atomic E-state index is 0.469. The van der Waals surface area contributed by atoms with E-state index in [-0.39, 0.29) is 0 Å². The van der Waals surface area contributed by atoms with Crippen LogP contribution in [0.15, 0.2) is 24.3 Å². The monoisotopic (exact) mass is 260 g/mol. The molecule has 0 radical (unpaired) electrons. The molecule has 1 aromatic rings. The number of hydrogen-bond acceptors (Lipinski definition) is 2. The number of benzene rings is 1. The van der Waals surface area contributed by atoms with Gasteiger partial charge in [-0.1, -0.05) is 32.0 Å². The lowest BCUT2D eigenvalue weighted by atomic mass is 10.0. The van der Waals surface area contributed by atoms with Gasteiger partial charge in [-0.2, -0.15) is 0 Å². The van der Waals surface area contributed by atoms with Crippen molar-refractivity contribution in [2.24, 2.45) is 5.92 Å². The predicted molar refractivity (Wildman–Crippen MR) is 83.8 cm³/mol. The lowest BCUT2D eigenvalue weighted by Crippen LogP contribution is -2.27. The fourth-order valence-corrected chi connectivity index (χ4v) is 3.15. The number of para-hydroxylation sites is 1. The van der Waals surface area contributed by atoms with Gasteiger partial charge in [0, 0.05) is 24.8 Å². The minimum atomic E-state index is 0.469. The molecule has 2 unspecified atom stereocenters. The van der Waals surface area contributed by atoms with Crippen molar-refractivity contribution in [2.75, 3.05) is 25.0 Å². The summed E-state index contributed by atoms with van der Waals surface area (Å²) >= 11 is 0. The second-order valence-corrected chi connectivity index (χ2v) is 5.83. The number of hydrogen-bond donors (Lipinski definition) is 1. The molecule has 1 aromatic carbocycles. The molecular formula is C17H28N2. The van der Waals surface area contributed by atoms with E-state index in [0.29, 0.717) is 6.04 Å². The van der Waals surface area contributed by atoms with E-state index in [9.17, 15) is 0 Å². The molecule has 0 aromatic heterocycles. The Morgan fingerprint density at radius 3 is 2.79 bits per heavy atom. The van der Waals surface area contributed by atoms with Crippen molar-refractivity contribution in [3.8, 4) is 0 Å². The van der Waals surface area contributed by atoms with Crippen LogP contribution >= 0.6 is 0 Å². The Balaban J connectivity index is 2.23. The van der Waals surface area contributed by atoms with Crippen LogP contribution in [0.5, 0.6) is 0 Å². The average Bonchev–Trinajstić information content (AvgIpc) is 2.66. The molecule has 1 N–H and O–H groups in total. The molecule has 0 amide bonds. The van der Waals surface area contributed by atoms with Crippen LogP contribution < -0.4 is 10.2 Å². The SMILES string of the molecule is CCC(NC)c1ccccc1N1CCCC(C)CC1. The van der Waals surface area contributed by atoms with Gasteiger partial charge in [-0.05, 0) is 50.3 Å². The van der Waals surface area contributed by atoms with E-state index in [1.165, 1.54) is 43.6 Å². The molecule has 0 saturated carbocycles. The van der Waals surface area contributed by atoms with Crippen molar-refractivity contribution in [1.82, 2.24) is 5.32 Å². The van der Waals surface area contributed by atoms with E-state index < -0.39 is 0 Å². The fourth-order valence-electron chi connectivity index (χ4n) is 3.15. The Morgan fingerprint density at radius 1 is 1.26 bits per heavy atom. The van der Waals surface area contributed by atoms with E-state index in [4.69, 9.17) is 0 Å². The van der Waals surface area contributed by atoms with Gasteiger partial charge >= 0.3 is 0 Å². The zero-order valence-electron chi connectivity index (χ0n) is 12.7. The van der Waals surface area contributed by atoms with E-state index >= 15 is 0 Å². The van der Waals surface area contributed by atoms with Crippen LogP contribution in [-0.4, -0.2) is 20.1 Å². The van der Waals surface area contributed by atoms with Crippen molar-refractivity contribution in [1.29, 1.82) is 0 Å². The van der Waals surface area contributed by atoms with Crippen LogP contribution in [0.4, 0.5) is 5.69 Å². The molecular weight excluding hydrogens is 232 g/mol. The summed E-state index contributed by atoms with van der Waals surface area (Å²) in [6, 6.07) is 9.39. The summed E-state index contributed by atoms with van der Waals surface area (Å²) < 4.78 is 0. The highest BCUT2D eigenvalue weighted by Gasteiger charge is 2.19. The zero-order chi connectivity index (χ0) is 13.7. The summed E-state index contributed by atoms with van der Waals surface area (Å²) in [5.74, 6) is 0.878. The van der Waals surface area contributed by atoms with Crippen LogP contribution in [0.25, 0.3) is 0 Å². The largest absolute Gasteiger partial charge is 0.371 e. The topological polar surface area (TPSA) is 15.3 Å². The second kappa shape index (κ2) is 6.95. The third-order valence-corrected chi connectivity index (χ3v) is 4.43. The van der Waals surface area contributed by atoms with Gasteiger partial charge in [0.2, 0.25) is 0 Å². The van der Waals surface area contributed by atoms with E-state index in [1.807, 2.05) is 0 Å². The Hall–Kier alpha value is -1.02. The maximum Gasteiger partial charge on any atom is 0.0414 e. The van der Waals surface area contributed by atoms with Crippen LogP contribution in [-0.2, 0) is 0 Å². The summed E-state index contributed by atoms with van der Waals surface area (Å²) in [5.41, 5.74) is 2.90. The normalized spacial score (nSPS) is 22.1. The van der Waals surface area contributed by atoms with Gasteiger partial charge in [0.1, 0.15) is 0 Å². The quantitative estimate of drug-likeness (QED) is 0.881. The first kappa shape index (κ1) is 14.4. The molecule has 0 bridgehead atoms. The van der Waals surface area contributed by atoms with E-state index in [2.05, 4.69) is 55.4 Å². The molecule has 2 nitrogen and oxygen atoms in total. The lowest BCUT2D eigenvalue weighted by molar-refractivity contribution is 0.521. The first-order chi connectivity index (χ1) is 9.26. The molecule has 2 atom stereocenters. The molecule has 2 rings (SSSR count). The highest BCUT2D eigenvalue weighted by Crippen LogP contribution is 2.30. The van der Waals surface area contributed by atoms with Gasteiger partial charge in [0.15, 0.2) is 0 Å².